The summed E-state index contributed by atoms with van der Waals surface area (Å²) in [6, 6.07) is 8.37. The number of imide groups is 1. The zero-order valence-electron chi connectivity index (χ0n) is 16.6. The first-order chi connectivity index (χ1) is 14.8. The Morgan fingerprint density at radius 3 is 2.74 bits per heavy atom. The Morgan fingerprint density at radius 2 is 2.03 bits per heavy atom. The van der Waals surface area contributed by atoms with E-state index in [-0.39, 0.29) is 36.1 Å². The van der Waals surface area contributed by atoms with Crippen LogP contribution < -0.4 is 10.6 Å². The van der Waals surface area contributed by atoms with E-state index in [2.05, 4.69) is 10.6 Å². The zero-order valence-corrected chi connectivity index (χ0v) is 17.3. The molecule has 2 aromatic rings. The molecule has 0 aliphatic carbocycles. The molecule has 1 saturated heterocycles. The zero-order chi connectivity index (χ0) is 22.3. The molecule has 2 N–H and O–H groups in total. The maximum Gasteiger partial charge on any atom is 0.255 e. The molecule has 0 spiro atoms. The van der Waals surface area contributed by atoms with E-state index in [0.29, 0.717) is 5.02 Å². The van der Waals surface area contributed by atoms with Crippen molar-refractivity contribution in [1.29, 1.82) is 0 Å². The summed E-state index contributed by atoms with van der Waals surface area (Å²) in [5.41, 5.74) is 0.756. The van der Waals surface area contributed by atoms with Gasteiger partial charge in [0.25, 0.3) is 11.8 Å². The Kier molecular flexibility index (Phi) is 5.49. The smallest absolute Gasteiger partial charge is 0.255 e. The second-order valence-corrected chi connectivity index (χ2v) is 8.04. The van der Waals surface area contributed by atoms with E-state index in [1.54, 1.807) is 31.2 Å². The van der Waals surface area contributed by atoms with Gasteiger partial charge in [0.1, 0.15) is 11.9 Å². The van der Waals surface area contributed by atoms with Crippen molar-refractivity contribution in [3.8, 4) is 0 Å². The van der Waals surface area contributed by atoms with Crippen LogP contribution in [0, 0.1) is 5.82 Å². The van der Waals surface area contributed by atoms with Crippen molar-refractivity contribution in [2.75, 3.05) is 0 Å². The van der Waals surface area contributed by atoms with Gasteiger partial charge < -0.3 is 10.2 Å². The third-order valence-corrected chi connectivity index (χ3v) is 5.83. The number of halogens is 2. The highest BCUT2D eigenvalue weighted by Crippen LogP contribution is 2.31. The molecule has 9 heteroatoms. The van der Waals surface area contributed by atoms with Crippen molar-refractivity contribution >= 4 is 35.2 Å². The van der Waals surface area contributed by atoms with Crippen LogP contribution in [-0.2, 0) is 16.1 Å². The van der Waals surface area contributed by atoms with Crippen molar-refractivity contribution in [2.24, 2.45) is 0 Å². The fourth-order valence-electron chi connectivity index (χ4n) is 3.91. The predicted molar refractivity (Wildman–Crippen MR) is 110 cm³/mol. The highest BCUT2D eigenvalue weighted by Gasteiger charge is 2.40. The van der Waals surface area contributed by atoms with Crippen LogP contribution in [0.4, 0.5) is 4.39 Å². The molecule has 1 unspecified atom stereocenters. The Morgan fingerprint density at radius 1 is 1.26 bits per heavy atom. The third kappa shape index (κ3) is 3.90. The predicted octanol–water partition coefficient (Wildman–Crippen LogP) is 2.73. The summed E-state index contributed by atoms with van der Waals surface area (Å²) in [6.07, 6.45) is 0.282. The third-order valence-electron chi connectivity index (χ3n) is 5.59. The number of hydrogen-bond donors (Lipinski definition) is 2. The molecular weight excluding hydrogens is 425 g/mol. The highest BCUT2D eigenvalue weighted by atomic mass is 35.5. The summed E-state index contributed by atoms with van der Waals surface area (Å²) in [7, 11) is 0. The average molecular weight is 444 g/mol. The first kappa shape index (κ1) is 21.0. The molecule has 1 fully saturated rings. The fourth-order valence-corrected chi connectivity index (χ4v) is 4.11. The molecule has 2 aromatic carbocycles. The van der Waals surface area contributed by atoms with Gasteiger partial charge in [-0.05, 0) is 43.2 Å². The summed E-state index contributed by atoms with van der Waals surface area (Å²) in [6.45, 7) is 1.61. The maximum atomic E-state index is 15.2. The fraction of sp³-hybridized carbons (Fsp3) is 0.273. The number of amides is 4. The molecule has 31 heavy (non-hydrogen) atoms. The lowest BCUT2D eigenvalue weighted by Crippen LogP contribution is -2.52. The van der Waals surface area contributed by atoms with Crippen molar-refractivity contribution in [3.63, 3.8) is 0 Å². The first-order valence-electron chi connectivity index (χ1n) is 9.78. The molecule has 0 radical (unpaired) electrons. The molecule has 2 atom stereocenters. The van der Waals surface area contributed by atoms with Crippen LogP contribution in [0.25, 0.3) is 0 Å². The second-order valence-electron chi connectivity index (χ2n) is 7.60. The van der Waals surface area contributed by atoms with Gasteiger partial charge in [0.15, 0.2) is 0 Å². The molecule has 4 amide bonds. The van der Waals surface area contributed by atoms with E-state index in [9.17, 15) is 19.2 Å². The van der Waals surface area contributed by atoms with Crippen molar-refractivity contribution in [2.45, 2.75) is 38.4 Å². The van der Waals surface area contributed by atoms with Crippen molar-refractivity contribution in [1.82, 2.24) is 15.5 Å². The maximum absolute atomic E-state index is 15.2. The van der Waals surface area contributed by atoms with Gasteiger partial charge in [0.2, 0.25) is 11.8 Å². The Balaban J connectivity index is 1.55. The summed E-state index contributed by atoms with van der Waals surface area (Å²) >= 11 is 5.98. The van der Waals surface area contributed by atoms with Crippen LogP contribution in [0.3, 0.4) is 0 Å². The van der Waals surface area contributed by atoms with E-state index in [1.165, 1.54) is 17.0 Å². The number of fused-ring (bicyclic) bond motifs is 1. The van der Waals surface area contributed by atoms with Crippen LogP contribution in [0.5, 0.6) is 0 Å². The quantitative estimate of drug-likeness (QED) is 0.710. The first-order valence-corrected chi connectivity index (χ1v) is 10.2. The molecule has 7 nitrogen and oxygen atoms in total. The van der Waals surface area contributed by atoms with Gasteiger partial charge in [-0.25, -0.2) is 4.39 Å². The number of benzene rings is 2. The van der Waals surface area contributed by atoms with Gasteiger partial charge >= 0.3 is 0 Å². The minimum absolute atomic E-state index is 0.0674. The van der Waals surface area contributed by atoms with E-state index < -0.39 is 41.5 Å². The second kappa shape index (κ2) is 8.11. The normalized spacial score (nSPS) is 19.1. The van der Waals surface area contributed by atoms with Gasteiger partial charge in [0.05, 0.1) is 18.2 Å². The number of hydrogen-bond acceptors (Lipinski definition) is 4. The minimum atomic E-state index is -0.850. The van der Waals surface area contributed by atoms with E-state index in [4.69, 9.17) is 11.6 Å². The molecular formula is C22H19ClFN3O4. The Labute approximate surface area is 182 Å². The largest absolute Gasteiger partial charge is 0.345 e. The lowest BCUT2D eigenvalue weighted by Gasteiger charge is -2.29. The lowest BCUT2D eigenvalue weighted by atomic mass is 10.0. The number of carbonyl (C=O) groups is 4. The molecule has 2 heterocycles. The highest BCUT2D eigenvalue weighted by molar-refractivity contribution is 6.30. The molecule has 0 saturated carbocycles. The van der Waals surface area contributed by atoms with Gasteiger partial charge in [-0.3, -0.25) is 24.5 Å². The monoisotopic (exact) mass is 443 g/mol. The van der Waals surface area contributed by atoms with E-state index in [1.807, 2.05) is 0 Å². The number of nitrogens with zero attached hydrogens (tertiary/aromatic N) is 1. The topological polar surface area (TPSA) is 95.6 Å². The summed E-state index contributed by atoms with van der Waals surface area (Å²) in [5.74, 6) is -2.89. The van der Waals surface area contributed by atoms with Crippen LogP contribution in [0.15, 0.2) is 36.4 Å². The molecule has 0 aromatic heterocycles. The van der Waals surface area contributed by atoms with Crippen molar-refractivity contribution < 1.29 is 23.6 Å². The van der Waals surface area contributed by atoms with Gasteiger partial charge in [0, 0.05) is 22.6 Å². The summed E-state index contributed by atoms with van der Waals surface area (Å²) in [4.78, 5) is 50.2. The summed E-state index contributed by atoms with van der Waals surface area (Å²) in [5, 5.41) is 5.45. The van der Waals surface area contributed by atoms with Gasteiger partial charge in [-0.1, -0.05) is 23.7 Å². The van der Waals surface area contributed by atoms with Crippen LogP contribution in [0.2, 0.25) is 5.02 Å². The molecule has 4 rings (SSSR count). The average Bonchev–Trinajstić information content (AvgIpc) is 3.05. The number of rotatable bonds is 4. The number of piperidine rings is 1. The van der Waals surface area contributed by atoms with E-state index in [0.717, 1.165) is 5.56 Å². The SMILES string of the molecule is C[C@H](NC(=O)c1ccc2c(c1F)CN(C1CCC(=O)NC1=O)C2=O)c1cccc(Cl)c1. The minimum Gasteiger partial charge on any atom is -0.345 e. The molecule has 2 aliphatic rings. The molecule has 0 bridgehead atoms. The van der Waals surface area contributed by atoms with E-state index >= 15 is 4.39 Å². The van der Waals surface area contributed by atoms with Crippen LogP contribution in [-0.4, -0.2) is 34.6 Å². The Bertz CT molecular complexity index is 1120. The standard InChI is InChI=1S/C22H19ClFN3O4/c1-11(12-3-2-4-13(23)9-12)25-20(29)15-6-5-14-16(19(15)24)10-27(22(14)31)17-7-8-18(28)26-21(17)30/h2-6,9,11,17H,7-8,10H2,1H3,(H,25,29)(H,26,28,30)/t11-,17?/m0/s1. The Hall–Kier alpha value is -3.26. The van der Waals surface area contributed by atoms with Crippen molar-refractivity contribution in [3.05, 3.63) is 69.5 Å². The van der Waals surface area contributed by atoms with Crippen LogP contribution in [0.1, 0.15) is 57.7 Å². The summed E-state index contributed by atoms with van der Waals surface area (Å²) < 4.78 is 15.2. The van der Waals surface area contributed by atoms with Gasteiger partial charge in [-0.2, -0.15) is 0 Å². The molecule has 2 aliphatic heterocycles. The van der Waals surface area contributed by atoms with Crippen LogP contribution >= 0.6 is 11.6 Å². The molecule has 160 valence electrons. The lowest BCUT2D eigenvalue weighted by molar-refractivity contribution is -0.136. The van der Waals surface area contributed by atoms with Gasteiger partial charge in [-0.15, -0.1) is 0 Å². The number of nitrogens with one attached hydrogen (secondary N) is 2. The number of carbonyl (C=O) groups excluding carboxylic acids is 4.